The van der Waals surface area contributed by atoms with Crippen molar-refractivity contribution in [2.75, 3.05) is 56.4 Å². The van der Waals surface area contributed by atoms with Crippen molar-refractivity contribution in [3.63, 3.8) is 0 Å². The smallest absolute Gasteiger partial charge is 0.342 e. The number of esters is 2. The average Bonchev–Trinajstić information content (AvgIpc) is 3.40. The van der Waals surface area contributed by atoms with Gasteiger partial charge in [-0.2, -0.15) is 9.97 Å². The molecule has 2 aliphatic rings. The number of aliphatic hydroxyl groups is 2. The van der Waals surface area contributed by atoms with E-state index in [4.69, 9.17) is 30.2 Å². The molecule has 0 spiro atoms. The average molecular weight is 743 g/mol. The van der Waals surface area contributed by atoms with E-state index >= 15 is 0 Å². The Labute approximate surface area is 301 Å². The predicted octanol–water partition coefficient (Wildman–Crippen LogP) is 2.58. The van der Waals surface area contributed by atoms with Gasteiger partial charge >= 0.3 is 19.6 Å². The third-order valence-electron chi connectivity index (χ3n) is 10.0. The molecule has 0 aromatic carbocycles. The van der Waals surface area contributed by atoms with E-state index in [-0.39, 0.29) is 36.8 Å². The number of ether oxygens (including phenoxy) is 3. The van der Waals surface area contributed by atoms with Gasteiger partial charge < -0.3 is 45.3 Å². The van der Waals surface area contributed by atoms with Crippen LogP contribution in [0.15, 0.2) is 4.99 Å². The van der Waals surface area contributed by atoms with Gasteiger partial charge in [-0.1, -0.05) is 47.5 Å². The molecule has 7 unspecified atom stereocenters. The number of anilines is 3. The Morgan fingerprint density at radius 3 is 2.04 bits per heavy atom. The molecular weight excluding hydrogens is 683 g/mol. The summed E-state index contributed by atoms with van der Waals surface area (Å²) in [4.78, 5) is 41.1. The number of hydrogen-bond acceptors (Lipinski definition) is 15. The quantitative estimate of drug-likeness (QED) is 0.0602. The Hall–Kier alpha value is -2.92. The molecule has 1 aliphatic carbocycles. The highest BCUT2D eigenvalue weighted by atomic mass is 31.2. The lowest BCUT2D eigenvalue weighted by molar-refractivity contribution is -0.147. The number of carbonyl (C=O) groups excluding carboxylic acids is 2. The van der Waals surface area contributed by atoms with Gasteiger partial charge in [0, 0.05) is 32.3 Å². The Morgan fingerprint density at radius 1 is 1.04 bits per heavy atom. The van der Waals surface area contributed by atoms with Gasteiger partial charge in [0.1, 0.15) is 35.6 Å². The van der Waals surface area contributed by atoms with E-state index < -0.39 is 67.9 Å². The van der Waals surface area contributed by atoms with Gasteiger partial charge in [0.15, 0.2) is 11.6 Å². The van der Waals surface area contributed by atoms with Crippen LogP contribution in [0.3, 0.4) is 0 Å². The summed E-state index contributed by atoms with van der Waals surface area (Å²) in [5, 5.41) is 28.9. The number of nitrogen functional groups attached to an aromatic ring is 2. The molecule has 0 amide bonds. The number of aromatic nitrogens is 2. The SMILES string of the molecule is CCOC(=O)C(NP(=O)(NC(C(=O)OCC)[C@@H](C)CC)OCC(OC)C(O)C1(O)C(C)C1C=Nc1c(N)nc(N)nc1N1CCCC1)[C@@H](C)CC. The third kappa shape index (κ3) is 10.2. The van der Waals surface area contributed by atoms with Crippen LogP contribution >= 0.6 is 7.67 Å². The summed E-state index contributed by atoms with van der Waals surface area (Å²) in [6, 6.07) is -2.13. The summed E-state index contributed by atoms with van der Waals surface area (Å²) >= 11 is 0. The van der Waals surface area contributed by atoms with E-state index in [0.29, 0.717) is 24.3 Å². The summed E-state index contributed by atoms with van der Waals surface area (Å²) in [6.45, 7) is 13.6. The van der Waals surface area contributed by atoms with Crippen molar-refractivity contribution >= 4 is 49.1 Å². The maximum Gasteiger partial charge on any atom is 0.342 e. The Morgan fingerprint density at radius 2 is 1.57 bits per heavy atom. The molecule has 1 saturated carbocycles. The number of nitrogens with two attached hydrogens (primary N) is 2. The van der Waals surface area contributed by atoms with Crippen molar-refractivity contribution < 1.29 is 43.1 Å². The van der Waals surface area contributed by atoms with Gasteiger partial charge in [0.05, 0.1) is 19.8 Å². The summed E-state index contributed by atoms with van der Waals surface area (Å²) in [7, 11) is -2.99. The fourth-order valence-corrected chi connectivity index (χ4v) is 8.26. The first kappa shape index (κ1) is 42.5. The Kier molecular flexibility index (Phi) is 15.6. The molecule has 1 saturated heterocycles. The second kappa shape index (κ2) is 18.7. The van der Waals surface area contributed by atoms with Crippen LogP contribution in [0.4, 0.5) is 23.3 Å². The van der Waals surface area contributed by atoms with Crippen LogP contribution in [0.2, 0.25) is 0 Å². The first-order chi connectivity index (χ1) is 24.1. The highest BCUT2D eigenvalue weighted by Gasteiger charge is 2.66. The van der Waals surface area contributed by atoms with Gasteiger partial charge in [-0.3, -0.25) is 19.1 Å². The van der Waals surface area contributed by atoms with E-state index in [1.165, 1.54) is 13.3 Å². The molecule has 290 valence electrons. The van der Waals surface area contributed by atoms with Crippen molar-refractivity contribution in [2.45, 2.75) is 104 Å². The lowest BCUT2D eigenvalue weighted by atomic mass is 10.0. The van der Waals surface area contributed by atoms with Crippen LogP contribution in [0.1, 0.15) is 74.1 Å². The largest absolute Gasteiger partial charge is 0.465 e. The fraction of sp³-hybridized carbons (Fsp3) is 0.788. The lowest BCUT2D eigenvalue weighted by Crippen LogP contribution is -2.50. The molecular formula is C33H59N8O9P. The number of nitrogens with zero attached hydrogens (tertiary/aromatic N) is 4. The molecule has 2 heterocycles. The summed E-state index contributed by atoms with van der Waals surface area (Å²) in [5.41, 5.74) is 10.7. The minimum absolute atomic E-state index is 0.0275. The van der Waals surface area contributed by atoms with Gasteiger partial charge in [0.25, 0.3) is 0 Å². The molecule has 1 aliphatic heterocycles. The summed E-state index contributed by atoms with van der Waals surface area (Å²) in [5.74, 6) is -2.43. The normalized spacial score (nSPS) is 25.1. The molecule has 2 fully saturated rings. The number of rotatable bonds is 21. The van der Waals surface area contributed by atoms with E-state index in [1.807, 2.05) is 18.7 Å². The topological polar surface area (TPSA) is 246 Å². The molecule has 0 radical (unpaired) electrons. The van der Waals surface area contributed by atoms with Crippen LogP contribution in [0.5, 0.6) is 0 Å². The van der Waals surface area contributed by atoms with Crippen molar-refractivity contribution in [3.8, 4) is 0 Å². The molecule has 0 bridgehead atoms. The number of carbonyl (C=O) groups is 2. The minimum atomic E-state index is -4.31. The van der Waals surface area contributed by atoms with Crippen LogP contribution in [0.25, 0.3) is 0 Å². The fourth-order valence-electron chi connectivity index (χ4n) is 6.23. The molecule has 51 heavy (non-hydrogen) atoms. The van der Waals surface area contributed by atoms with Crippen LogP contribution < -0.4 is 26.5 Å². The van der Waals surface area contributed by atoms with Crippen molar-refractivity contribution in [3.05, 3.63) is 0 Å². The van der Waals surface area contributed by atoms with Gasteiger partial charge in [-0.15, -0.1) is 0 Å². The number of aliphatic imine (C=N–C) groups is 1. The second-order valence-corrected chi connectivity index (χ2v) is 15.2. The standard InChI is InChI=1S/C33H59N8O9P/c1-9-19(5)24(30(43)48-11-3)39-51(46,40-25(20(6)10-2)31(44)49-12-4)50-18-23(47-8)27(42)33(45)21(7)22(33)17-36-26-28(34)37-32(35)38-29(26)41-15-13-14-16-41/h17,19-25,27,42,45H,9-16,18H2,1-8H3,(H2,39,40,46)(H4,34,35,37,38)/t19-,20-,21?,22?,23?,24?,25?,27?,33?,51?/m0/s1. The van der Waals surface area contributed by atoms with E-state index in [1.54, 1.807) is 34.6 Å². The predicted molar refractivity (Wildman–Crippen MR) is 194 cm³/mol. The molecule has 18 heteroatoms. The maximum absolute atomic E-state index is 14.7. The molecule has 3 rings (SSSR count). The maximum atomic E-state index is 14.7. The molecule has 9 atom stereocenters. The Bertz CT molecular complexity index is 1360. The minimum Gasteiger partial charge on any atom is -0.465 e. The first-order valence-corrected chi connectivity index (χ1v) is 19.5. The molecule has 1 aromatic heterocycles. The second-order valence-electron chi connectivity index (χ2n) is 13.4. The number of nitrogens with one attached hydrogen (secondary N) is 2. The van der Waals surface area contributed by atoms with E-state index in [9.17, 15) is 24.4 Å². The third-order valence-corrected chi connectivity index (χ3v) is 11.8. The molecule has 17 nitrogen and oxygen atoms in total. The summed E-state index contributed by atoms with van der Waals surface area (Å²) in [6.07, 6.45) is 1.80. The Balaban J connectivity index is 1.88. The summed E-state index contributed by atoms with van der Waals surface area (Å²) < 4.78 is 36.7. The number of methoxy groups -OCH3 is 1. The molecule has 8 N–H and O–H groups in total. The lowest BCUT2D eigenvalue weighted by Gasteiger charge is -2.33. The van der Waals surface area contributed by atoms with E-state index in [2.05, 4.69) is 25.1 Å². The highest BCUT2D eigenvalue weighted by molar-refractivity contribution is 7.54. The highest BCUT2D eigenvalue weighted by Crippen LogP contribution is 2.53. The van der Waals surface area contributed by atoms with Crippen LogP contribution in [-0.4, -0.2) is 108 Å². The van der Waals surface area contributed by atoms with Gasteiger partial charge in [-0.25, -0.2) is 10.2 Å². The van der Waals surface area contributed by atoms with Gasteiger partial charge in [0.2, 0.25) is 5.95 Å². The van der Waals surface area contributed by atoms with Crippen LogP contribution in [0, 0.1) is 23.7 Å². The zero-order chi connectivity index (χ0) is 38.1. The van der Waals surface area contributed by atoms with Crippen molar-refractivity contribution in [1.29, 1.82) is 0 Å². The monoisotopic (exact) mass is 742 g/mol. The number of hydrogen-bond donors (Lipinski definition) is 6. The van der Waals surface area contributed by atoms with Crippen molar-refractivity contribution in [1.82, 2.24) is 20.1 Å². The number of aliphatic hydroxyl groups excluding tert-OH is 1. The zero-order valence-electron chi connectivity index (χ0n) is 31.2. The zero-order valence-corrected chi connectivity index (χ0v) is 32.1. The van der Waals surface area contributed by atoms with Crippen LogP contribution in [-0.2, 0) is 32.9 Å². The molecule has 1 aromatic rings. The van der Waals surface area contributed by atoms with Crippen molar-refractivity contribution in [2.24, 2.45) is 28.7 Å². The van der Waals surface area contributed by atoms with E-state index in [0.717, 1.165) is 25.9 Å². The first-order valence-electron chi connectivity index (χ1n) is 17.9. The van der Waals surface area contributed by atoms with Gasteiger partial charge in [-0.05, 0) is 44.4 Å².